The van der Waals surface area contributed by atoms with Crippen LogP contribution in [-0.4, -0.2) is 11.1 Å². The fourth-order valence-electron chi connectivity index (χ4n) is 4.21. The lowest BCUT2D eigenvalue weighted by Gasteiger charge is -2.23. The normalized spacial score (nSPS) is 12.6. The summed E-state index contributed by atoms with van der Waals surface area (Å²) in [5, 5.41) is 9.92. The number of aromatic carboxylic acids is 1. The van der Waals surface area contributed by atoms with E-state index in [4.69, 9.17) is 4.74 Å². The van der Waals surface area contributed by atoms with Crippen molar-refractivity contribution in [3.8, 4) is 5.75 Å². The van der Waals surface area contributed by atoms with E-state index in [1.807, 2.05) is 60.7 Å². The van der Waals surface area contributed by atoms with Gasteiger partial charge in [-0.15, -0.1) is 0 Å². The number of carboxylic acids is 1. The molecule has 0 bridgehead atoms. The number of hydrogen-bond donors (Lipinski definition) is 1. The monoisotopic (exact) mass is 436 g/mol. The molecular weight excluding hydrogens is 408 g/mol. The lowest BCUT2D eigenvalue weighted by molar-refractivity contribution is 0.0691. The zero-order valence-electron chi connectivity index (χ0n) is 18.7. The van der Waals surface area contributed by atoms with Gasteiger partial charge in [-0.3, -0.25) is 0 Å². The Morgan fingerprint density at radius 2 is 1.33 bits per heavy atom. The van der Waals surface area contributed by atoms with E-state index in [9.17, 15) is 9.90 Å². The van der Waals surface area contributed by atoms with Crippen LogP contribution in [0.1, 0.15) is 57.8 Å². The van der Waals surface area contributed by atoms with Gasteiger partial charge in [-0.2, -0.15) is 0 Å². The maximum atomic E-state index is 12.1. The van der Waals surface area contributed by atoms with Crippen molar-refractivity contribution in [2.75, 3.05) is 0 Å². The molecule has 33 heavy (non-hydrogen) atoms. The fraction of sp³-hybridized carbons (Fsp3) is 0.167. The molecule has 1 N–H and O–H groups in total. The number of benzene rings is 4. The summed E-state index contributed by atoms with van der Waals surface area (Å²) in [5.74, 6) is -0.206. The van der Waals surface area contributed by atoms with Crippen LogP contribution in [0.25, 0.3) is 0 Å². The first-order chi connectivity index (χ1) is 16.1. The van der Waals surface area contributed by atoms with Crippen LogP contribution in [0.4, 0.5) is 0 Å². The van der Waals surface area contributed by atoms with Crippen LogP contribution in [0.3, 0.4) is 0 Å². The highest BCUT2D eigenvalue weighted by Crippen LogP contribution is 2.36. The molecule has 0 heterocycles. The molecule has 0 aliphatic heterocycles. The zero-order chi connectivity index (χ0) is 23.0. The van der Waals surface area contributed by atoms with E-state index in [0.717, 1.165) is 17.5 Å². The molecule has 3 heteroatoms. The second-order valence-corrected chi connectivity index (χ2v) is 8.35. The number of carboxylic acid groups (broad SMARTS) is 1. The number of ether oxygens (including phenoxy) is 1. The molecule has 4 aromatic rings. The maximum Gasteiger partial charge on any atom is 0.339 e. The van der Waals surface area contributed by atoms with Crippen molar-refractivity contribution in [2.45, 2.75) is 31.8 Å². The van der Waals surface area contributed by atoms with Gasteiger partial charge in [0.15, 0.2) is 0 Å². The molecule has 0 radical (unpaired) electrons. The molecular formula is C30H28O3. The molecule has 3 nitrogen and oxygen atoms in total. The topological polar surface area (TPSA) is 46.5 Å². The van der Waals surface area contributed by atoms with Crippen molar-refractivity contribution in [1.82, 2.24) is 0 Å². The first-order valence-corrected chi connectivity index (χ1v) is 11.3. The van der Waals surface area contributed by atoms with Gasteiger partial charge in [-0.05, 0) is 46.7 Å². The van der Waals surface area contributed by atoms with E-state index in [2.05, 4.69) is 43.3 Å². The van der Waals surface area contributed by atoms with Crippen LogP contribution in [0, 0.1) is 0 Å². The van der Waals surface area contributed by atoms with E-state index in [1.54, 1.807) is 12.1 Å². The minimum Gasteiger partial charge on any atom is -0.488 e. The summed E-state index contributed by atoms with van der Waals surface area (Å²) in [4.78, 5) is 12.1. The lowest BCUT2D eigenvalue weighted by atomic mass is 9.81. The van der Waals surface area contributed by atoms with Gasteiger partial charge in [0, 0.05) is 5.92 Å². The van der Waals surface area contributed by atoms with Crippen LogP contribution < -0.4 is 4.74 Å². The van der Waals surface area contributed by atoms with E-state index in [0.29, 0.717) is 18.3 Å². The van der Waals surface area contributed by atoms with Crippen molar-refractivity contribution >= 4 is 5.97 Å². The number of rotatable bonds is 9. The van der Waals surface area contributed by atoms with Crippen LogP contribution in [0.15, 0.2) is 109 Å². The van der Waals surface area contributed by atoms with Crippen LogP contribution in [0.5, 0.6) is 5.75 Å². The Hall–Kier alpha value is -3.85. The standard InChI is InChI=1S/C30H28O3/c1-22(24-13-7-3-8-14-24)19-27(25-15-9-4-10-16-25)26-17-18-29(28(20-26)30(31)32)33-21-23-11-5-2-6-12-23/h2-18,20,22,27H,19,21H2,1H3,(H,31,32). The minimum atomic E-state index is -0.983. The third-order valence-electron chi connectivity index (χ3n) is 6.03. The van der Waals surface area contributed by atoms with Crippen LogP contribution >= 0.6 is 0 Å². The van der Waals surface area contributed by atoms with E-state index in [1.165, 1.54) is 11.1 Å². The van der Waals surface area contributed by atoms with Gasteiger partial charge in [0.1, 0.15) is 17.9 Å². The largest absolute Gasteiger partial charge is 0.488 e. The molecule has 0 amide bonds. The van der Waals surface area contributed by atoms with Crippen molar-refractivity contribution in [3.63, 3.8) is 0 Å². The molecule has 166 valence electrons. The fourth-order valence-corrected chi connectivity index (χ4v) is 4.21. The summed E-state index contributed by atoms with van der Waals surface area (Å²) < 4.78 is 5.89. The maximum absolute atomic E-state index is 12.1. The predicted molar refractivity (Wildman–Crippen MR) is 132 cm³/mol. The number of carbonyl (C=O) groups is 1. The van der Waals surface area contributed by atoms with Gasteiger partial charge in [0.05, 0.1) is 0 Å². The average molecular weight is 437 g/mol. The highest BCUT2D eigenvalue weighted by molar-refractivity contribution is 5.91. The second-order valence-electron chi connectivity index (χ2n) is 8.35. The van der Waals surface area contributed by atoms with Crippen LogP contribution in [0.2, 0.25) is 0 Å². The molecule has 0 aliphatic carbocycles. The van der Waals surface area contributed by atoms with Gasteiger partial charge in [0.2, 0.25) is 0 Å². The van der Waals surface area contributed by atoms with E-state index >= 15 is 0 Å². The smallest absolute Gasteiger partial charge is 0.339 e. The molecule has 0 saturated carbocycles. The number of hydrogen-bond acceptors (Lipinski definition) is 2. The van der Waals surface area contributed by atoms with E-state index in [-0.39, 0.29) is 11.5 Å². The predicted octanol–water partition coefficient (Wildman–Crippen LogP) is 7.29. The Labute approximate surface area is 195 Å². The zero-order valence-corrected chi connectivity index (χ0v) is 18.7. The molecule has 0 aromatic heterocycles. The first kappa shape index (κ1) is 22.3. The third kappa shape index (κ3) is 5.69. The molecule has 4 rings (SSSR count). The summed E-state index contributed by atoms with van der Waals surface area (Å²) >= 11 is 0. The van der Waals surface area contributed by atoms with Gasteiger partial charge in [-0.1, -0.05) is 104 Å². The first-order valence-electron chi connectivity index (χ1n) is 11.3. The molecule has 2 unspecified atom stereocenters. The van der Waals surface area contributed by atoms with Crippen molar-refractivity contribution in [3.05, 3.63) is 137 Å². The van der Waals surface area contributed by atoms with Crippen LogP contribution in [-0.2, 0) is 6.61 Å². The Morgan fingerprint density at radius 1 is 0.758 bits per heavy atom. The van der Waals surface area contributed by atoms with Crippen molar-refractivity contribution < 1.29 is 14.6 Å². The Bertz CT molecular complexity index is 1170. The van der Waals surface area contributed by atoms with Gasteiger partial charge in [0.25, 0.3) is 0 Å². The van der Waals surface area contributed by atoms with Gasteiger partial charge in [-0.25, -0.2) is 4.79 Å². The molecule has 0 saturated heterocycles. The van der Waals surface area contributed by atoms with E-state index < -0.39 is 5.97 Å². The third-order valence-corrected chi connectivity index (χ3v) is 6.03. The lowest BCUT2D eigenvalue weighted by Crippen LogP contribution is -2.09. The molecule has 0 spiro atoms. The minimum absolute atomic E-state index is 0.0719. The Kier molecular flexibility index (Phi) is 7.21. The summed E-state index contributed by atoms with van der Waals surface area (Å²) in [6.07, 6.45) is 0.872. The van der Waals surface area contributed by atoms with Crippen molar-refractivity contribution in [2.24, 2.45) is 0 Å². The highest BCUT2D eigenvalue weighted by atomic mass is 16.5. The molecule has 0 aliphatic rings. The van der Waals surface area contributed by atoms with Gasteiger partial charge >= 0.3 is 5.97 Å². The summed E-state index contributed by atoms with van der Waals surface area (Å²) in [6.45, 7) is 2.55. The Balaban J connectivity index is 1.64. The quantitative estimate of drug-likeness (QED) is 0.300. The van der Waals surface area contributed by atoms with Crippen molar-refractivity contribution in [1.29, 1.82) is 0 Å². The average Bonchev–Trinajstić information content (AvgIpc) is 2.87. The SMILES string of the molecule is CC(CC(c1ccccc1)c1ccc(OCc2ccccc2)c(C(=O)O)c1)c1ccccc1. The molecule has 2 atom stereocenters. The van der Waals surface area contributed by atoms with Gasteiger partial charge < -0.3 is 9.84 Å². The summed E-state index contributed by atoms with van der Waals surface area (Å²) in [6, 6.07) is 36.1. The summed E-state index contributed by atoms with van der Waals surface area (Å²) in [7, 11) is 0. The second kappa shape index (κ2) is 10.6. The highest BCUT2D eigenvalue weighted by Gasteiger charge is 2.22. The molecule has 0 fully saturated rings. The molecule has 4 aromatic carbocycles. The summed E-state index contributed by atoms with van der Waals surface area (Å²) in [5.41, 5.74) is 4.62. The Morgan fingerprint density at radius 3 is 1.94 bits per heavy atom.